The van der Waals surface area contributed by atoms with Crippen LogP contribution in [0.4, 0.5) is 5.69 Å². The third-order valence-corrected chi connectivity index (χ3v) is 5.05. The van der Waals surface area contributed by atoms with Crippen LogP contribution in [0.2, 0.25) is 0 Å². The first kappa shape index (κ1) is 17.0. The second-order valence-corrected chi connectivity index (χ2v) is 7.06. The predicted molar refractivity (Wildman–Crippen MR) is 89.2 cm³/mol. The van der Waals surface area contributed by atoms with Crippen LogP contribution in [0.1, 0.15) is 27.0 Å². The molecule has 0 aromatic heterocycles. The fourth-order valence-corrected chi connectivity index (χ4v) is 3.27. The van der Waals surface area contributed by atoms with Crippen molar-refractivity contribution in [2.75, 3.05) is 11.8 Å². The van der Waals surface area contributed by atoms with Crippen molar-refractivity contribution in [3.8, 4) is 0 Å². The molecule has 0 unspecified atom stereocenters. The number of hydrogen-bond acceptors (Lipinski definition) is 4. The third-order valence-electron chi connectivity index (χ3n) is 3.69. The van der Waals surface area contributed by atoms with Gasteiger partial charge in [-0.3, -0.25) is 4.72 Å². The summed E-state index contributed by atoms with van der Waals surface area (Å²) in [5, 5.41) is 0. The molecule has 6 heteroatoms. The van der Waals surface area contributed by atoms with E-state index in [9.17, 15) is 13.2 Å². The normalized spacial score (nSPS) is 11.1. The number of hydrogen-bond donors (Lipinski definition) is 1. The van der Waals surface area contributed by atoms with Crippen molar-refractivity contribution in [3.05, 3.63) is 58.7 Å². The zero-order valence-corrected chi connectivity index (χ0v) is 14.3. The van der Waals surface area contributed by atoms with Crippen molar-refractivity contribution in [1.29, 1.82) is 0 Å². The van der Waals surface area contributed by atoms with E-state index in [2.05, 4.69) is 9.46 Å². The monoisotopic (exact) mass is 333 g/mol. The molecule has 2 aromatic carbocycles. The maximum absolute atomic E-state index is 12.5. The predicted octanol–water partition coefficient (Wildman–Crippen LogP) is 3.20. The van der Waals surface area contributed by atoms with Crippen molar-refractivity contribution in [2.45, 2.75) is 25.7 Å². The number of ether oxygens (including phenoxy) is 1. The molecule has 1 N–H and O–H groups in total. The molecule has 0 saturated carbocycles. The molecule has 0 amide bonds. The largest absolute Gasteiger partial charge is 0.465 e. The minimum Gasteiger partial charge on any atom is -0.465 e. The van der Waals surface area contributed by atoms with E-state index in [1.54, 1.807) is 37.3 Å². The fourth-order valence-electron chi connectivity index (χ4n) is 2.06. The van der Waals surface area contributed by atoms with Gasteiger partial charge in [0.1, 0.15) is 0 Å². The van der Waals surface area contributed by atoms with Crippen molar-refractivity contribution >= 4 is 21.7 Å². The van der Waals surface area contributed by atoms with E-state index in [0.29, 0.717) is 11.3 Å². The zero-order chi connectivity index (χ0) is 17.2. The highest BCUT2D eigenvalue weighted by Crippen LogP contribution is 2.23. The number of anilines is 1. The maximum atomic E-state index is 12.5. The lowest BCUT2D eigenvalue weighted by atomic mass is 10.1. The van der Waals surface area contributed by atoms with E-state index in [1.165, 1.54) is 13.2 Å². The minimum atomic E-state index is -3.73. The van der Waals surface area contributed by atoms with Crippen LogP contribution in [-0.2, 0) is 14.8 Å². The van der Waals surface area contributed by atoms with Crippen LogP contribution >= 0.6 is 0 Å². The van der Waals surface area contributed by atoms with Gasteiger partial charge >= 0.3 is 5.97 Å². The van der Waals surface area contributed by atoms with Crippen LogP contribution in [0.3, 0.4) is 0 Å². The zero-order valence-electron chi connectivity index (χ0n) is 13.5. The summed E-state index contributed by atoms with van der Waals surface area (Å²) in [6.45, 7) is 5.54. The van der Waals surface area contributed by atoms with Gasteiger partial charge in [-0.25, -0.2) is 13.2 Å². The SMILES string of the molecule is COC(=O)c1ccc(C)c(NS(=O)(=O)c2ccc(C)c(C)c2)c1. The number of rotatable bonds is 4. The number of carbonyl (C=O) groups excluding carboxylic acids is 1. The molecule has 23 heavy (non-hydrogen) atoms. The fraction of sp³-hybridized carbons (Fsp3) is 0.235. The van der Waals surface area contributed by atoms with Gasteiger partial charge in [0.25, 0.3) is 10.0 Å². The molecule has 0 aliphatic carbocycles. The molecule has 0 spiro atoms. The topological polar surface area (TPSA) is 72.5 Å². The molecule has 0 fully saturated rings. The van der Waals surface area contributed by atoms with Crippen molar-refractivity contribution in [1.82, 2.24) is 0 Å². The summed E-state index contributed by atoms with van der Waals surface area (Å²) in [6, 6.07) is 9.68. The summed E-state index contributed by atoms with van der Waals surface area (Å²) in [6.07, 6.45) is 0. The minimum absolute atomic E-state index is 0.184. The Kier molecular flexibility index (Phi) is 4.75. The quantitative estimate of drug-likeness (QED) is 0.872. The second kappa shape index (κ2) is 6.42. The van der Waals surface area contributed by atoms with Gasteiger partial charge in [-0.1, -0.05) is 12.1 Å². The van der Waals surface area contributed by atoms with E-state index in [0.717, 1.165) is 11.1 Å². The average molecular weight is 333 g/mol. The van der Waals surface area contributed by atoms with Crippen LogP contribution in [0, 0.1) is 20.8 Å². The Morgan fingerprint density at radius 1 is 0.957 bits per heavy atom. The summed E-state index contributed by atoms with van der Waals surface area (Å²) < 4.78 is 32.3. The van der Waals surface area contributed by atoms with Crippen LogP contribution in [0.15, 0.2) is 41.3 Å². The molecule has 0 heterocycles. The third kappa shape index (κ3) is 3.71. The molecular weight excluding hydrogens is 314 g/mol. The number of benzene rings is 2. The smallest absolute Gasteiger partial charge is 0.337 e. The van der Waals surface area contributed by atoms with E-state index in [1.807, 2.05) is 13.8 Å². The Labute approximate surface area is 136 Å². The molecular formula is C17H19NO4S. The summed E-state index contributed by atoms with van der Waals surface area (Å²) in [5.41, 5.74) is 3.27. The highest BCUT2D eigenvalue weighted by molar-refractivity contribution is 7.92. The molecule has 0 bridgehead atoms. The average Bonchev–Trinajstić information content (AvgIpc) is 2.51. The highest BCUT2D eigenvalue weighted by atomic mass is 32.2. The van der Waals surface area contributed by atoms with Crippen LogP contribution in [0.5, 0.6) is 0 Å². The van der Waals surface area contributed by atoms with Crippen LogP contribution in [0.25, 0.3) is 0 Å². The Hall–Kier alpha value is -2.34. The van der Waals surface area contributed by atoms with Crippen LogP contribution in [-0.4, -0.2) is 21.5 Å². The highest BCUT2D eigenvalue weighted by Gasteiger charge is 2.17. The van der Waals surface area contributed by atoms with Crippen molar-refractivity contribution in [3.63, 3.8) is 0 Å². The van der Waals surface area contributed by atoms with Gasteiger partial charge in [0, 0.05) is 0 Å². The molecule has 0 aliphatic heterocycles. The Morgan fingerprint density at radius 2 is 1.61 bits per heavy atom. The van der Waals surface area contributed by atoms with Crippen molar-refractivity contribution in [2.24, 2.45) is 0 Å². The first-order valence-electron chi connectivity index (χ1n) is 7.03. The number of carbonyl (C=O) groups is 1. The molecule has 5 nitrogen and oxygen atoms in total. The summed E-state index contributed by atoms with van der Waals surface area (Å²) in [5.74, 6) is -0.517. The van der Waals surface area contributed by atoms with E-state index in [4.69, 9.17) is 0 Å². The van der Waals surface area contributed by atoms with Gasteiger partial charge in [-0.2, -0.15) is 0 Å². The van der Waals surface area contributed by atoms with Gasteiger partial charge in [-0.15, -0.1) is 0 Å². The first-order chi connectivity index (χ1) is 10.7. The number of nitrogens with one attached hydrogen (secondary N) is 1. The van der Waals surface area contributed by atoms with E-state index in [-0.39, 0.29) is 10.5 Å². The lowest BCUT2D eigenvalue weighted by Gasteiger charge is -2.12. The van der Waals surface area contributed by atoms with Crippen LogP contribution < -0.4 is 4.72 Å². The lowest BCUT2D eigenvalue weighted by Crippen LogP contribution is -2.15. The Bertz CT molecular complexity index is 857. The van der Waals surface area contributed by atoms with E-state index >= 15 is 0 Å². The van der Waals surface area contributed by atoms with Crippen molar-refractivity contribution < 1.29 is 17.9 Å². The van der Waals surface area contributed by atoms with Gasteiger partial charge < -0.3 is 4.74 Å². The lowest BCUT2D eigenvalue weighted by molar-refractivity contribution is 0.0601. The summed E-state index contributed by atoms with van der Waals surface area (Å²) in [4.78, 5) is 11.8. The van der Waals surface area contributed by atoms with Gasteiger partial charge in [0.2, 0.25) is 0 Å². The molecule has 122 valence electrons. The number of sulfonamides is 1. The van der Waals surface area contributed by atoms with E-state index < -0.39 is 16.0 Å². The standard InChI is InChI=1S/C17H19NO4S/c1-11-6-8-15(9-13(11)3)23(20,21)18-16-10-14(17(19)22-4)7-5-12(16)2/h5-10,18H,1-4H3. The molecule has 0 saturated heterocycles. The molecule has 0 aliphatic rings. The molecule has 0 radical (unpaired) electrons. The maximum Gasteiger partial charge on any atom is 0.337 e. The van der Waals surface area contributed by atoms with Gasteiger partial charge in [0.15, 0.2) is 0 Å². The molecule has 2 rings (SSSR count). The Balaban J connectivity index is 2.40. The van der Waals surface area contributed by atoms with Gasteiger partial charge in [0.05, 0.1) is 23.3 Å². The number of methoxy groups -OCH3 is 1. The Morgan fingerprint density at radius 3 is 2.22 bits per heavy atom. The summed E-state index contributed by atoms with van der Waals surface area (Å²) >= 11 is 0. The molecule has 0 atom stereocenters. The molecule has 2 aromatic rings. The first-order valence-corrected chi connectivity index (χ1v) is 8.52. The summed E-state index contributed by atoms with van der Waals surface area (Å²) in [7, 11) is -2.45. The number of esters is 1. The number of aryl methyl sites for hydroxylation is 3. The van der Waals surface area contributed by atoms with Gasteiger partial charge in [-0.05, 0) is 61.7 Å². The second-order valence-electron chi connectivity index (χ2n) is 5.37.